The Bertz CT molecular complexity index is 4510. The van der Waals surface area contributed by atoms with E-state index in [0.717, 1.165) is 11.4 Å². The van der Waals surface area contributed by atoms with Crippen molar-refractivity contribution in [3.8, 4) is 66.8 Å². The summed E-state index contributed by atoms with van der Waals surface area (Å²) in [5, 5.41) is 7.31. The van der Waals surface area contributed by atoms with Crippen LogP contribution in [0.3, 0.4) is 0 Å². The van der Waals surface area contributed by atoms with E-state index < -0.39 is 0 Å². The number of hydrogen-bond donors (Lipinski definition) is 2. The fraction of sp³-hybridized carbons (Fsp3) is 0.172. The molecule has 0 radical (unpaired) electrons. The number of benzene rings is 12. The largest absolute Gasteiger partial charge is 0.356 e. The van der Waals surface area contributed by atoms with Crippen LogP contribution in [0.1, 0.15) is 105 Å². The summed E-state index contributed by atoms with van der Waals surface area (Å²) < 4.78 is 0. The predicted octanol–water partition coefficient (Wildman–Crippen LogP) is 23.7. The zero-order valence-corrected chi connectivity index (χ0v) is 52.0. The molecule has 0 atom stereocenters. The molecule has 0 heterocycles. The van der Waals surface area contributed by atoms with Crippen molar-refractivity contribution in [1.82, 2.24) is 0 Å². The highest BCUT2D eigenvalue weighted by Gasteiger charge is 2.46. The van der Waals surface area contributed by atoms with Crippen LogP contribution in [0.4, 0.5) is 34.1 Å². The maximum absolute atomic E-state index is 3.66. The zero-order chi connectivity index (χ0) is 60.7. The highest BCUT2D eigenvalue weighted by atomic mass is 15.1. The first-order valence-corrected chi connectivity index (χ1v) is 32.7. The summed E-state index contributed by atoms with van der Waals surface area (Å²) >= 11 is 0. The van der Waals surface area contributed by atoms with Crippen molar-refractivity contribution >= 4 is 34.1 Å². The molecule has 3 nitrogen and oxygen atoms in total. The van der Waals surface area contributed by atoms with E-state index >= 15 is 0 Å². The van der Waals surface area contributed by atoms with E-state index in [-0.39, 0.29) is 16.2 Å². The third-order valence-electron chi connectivity index (χ3n) is 20.6. The molecule has 2 N–H and O–H groups in total. The van der Waals surface area contributed by atoms with Gasteiger partial charge in [-0.2, -0.15) is 0 Å². The lowest BCUT2D eigenvalue weighted by Gasteiger charge is -2.36. The summed E-state index contributed by atoms with van der Waals surface area (Å²) in [5.74, 6) is 0. The average Bonchev–Trinajstić information content (AvgIpc) is 1.85. The molecule has 0 saturated heterocycles. The average molecular weight is 1160 g/mol. The Morgan fingerprint density at radius 2 is 0.567 bits per heavy atom. The van der Waals surface area contributed by atoms with Crippen LogP contribution in [0, 0.1) is 0 Å². The lowest BCUT2D eigenvalue weighted by molar-refractivity contribution is 0.353. The molecule has 12 aromatic rings. The molecular formula is C87H77N3. The summed E-state index contributed by atoms with van der Waals surface area (Å²) in [6.45, 7) is 4.66. The number of anilines is 6. The Kier molecular flexibility index (Phi) is 15.0. The fourth-order valence-electron chi connectivity index (χ4n) is 15.9. The molecule has 5 aliphatic rings. The van der Waals surface area contributed by atoms with Crippen molar-refractivity contribution in [2.75, 3.05) is 22.6 Å². The van der Waals surface area contributed by atoms with Crippen LogP contribution in [0.15, 0.2) is 291 Å². The van der Waals surface area contributed by atoms with Crippen LogP contribution in [0.2, 0.25) is 0 Å². The molecule has 0 bridgehead atoms. The third kappa shape index (κ3) is 10.4. The van der Waals surface area contributed by atoms with Gasteiger partial charge in [-0.3, -0.25) is 0 Å². The highest BCUT2D eigenvalue weighted by molar-refractivity contribution is 5.87. The second-order valence-corrected chi connectivity index (χ2v) is 26.1. The Labute approximate surface area is 532 Å². The topological polar surface area (TPSA) is 27.3 Å². The van der Waals surface area contributed by atoms with Crippen LogP contribution in [-0.2, 0) is 16.2 Å². The summed E-state index contributed by atoms with van der Waals surface area (Å²) in [6, 6.07) is 106. The van der Waals surface area contributed by atoms with Gasteiger partial charge >= 0.3 is 0 Å². The van der Waals surface area contributed by atoms with Gasteiger partial charge in [0.1, 0.15) is 0 Å². The molecule has 3 heteroatoms. The molecule has 0 amide bonds. The molecule has 440 valence electrons. The van der Waals surface area contributed by atoms with Crippen LogP contribution < -0.4 is 15.5 Å². The molecule has 12 aromatic carbocycles. The molecule has 2 spiro atoms. The summed E-state index contributed by atoms with van der Waals surface area (Å²) in [4.78, 5) is 2.27. The van der Waals surface area contributed by atoms with Gasteiger partial charge in [0.15, 0.2) is 0 Å². The minimum atomic E-state index is 0.0277. The van der Waals surface area contributed by atoms with Gasteiger partial charge in [-0.15, -0.1) is 0 Å². The maximum atomic E-state index is 3.66. The molecule has 2 saturated carbocycles. The molecule has 0 aromatic heterocycles. The molecule has 90 heavy (non-hydrogen) atoms. The van der Waals surface area contributed by atoms with Crippen LogP contribution in [0.5, 0.6) is 0 Å². The van der Waals surface area contributed by atoms with Crippen molar-refractivity contribution in [3.63, 3.8) is 0 Å². The predicted molar refractivity (Wildman–Crippen MR) is 381 cm³/mol. The molecule has 2 fully saturated rings. The van der Waals surface area contributed by atoms with Crippen molar-refractivity contribution in [2.24, 2.45) is 0 Å². The molecular weight excluding hydrogens is 1090 g/mol. The normalized spacial score (nSPS) is 15.1. The van der Waals surface area contributed by atoms with Crippen LogP contribution in [0.25, 0.3) is 66.8 Å². The second-order valence-electron chi connectivity index (χ2n) is 26.1. The summed E-state index contributed by atoms with van der Waals surface area (Å²) in [5.41, 5.74) is 32.4. The first kappa shape index (κ1) is 56.5. The van der Waals surface area contributed by atoms with Gasteiger partial charge in [0.2, 0.25) is 0 Å². The minimum absolute atomic E-state index is 0.0277. The number of fused-ring (bicyclic) bond motifs is 13. The van der Waals surface area contributed by atoms with Gasteiger partial charge < -0.3 is 15.5 Å². The van der Waals surface area contributed by atoms with E-state index in [2.05, 4.69) is 328 Å². The van der Waals surface area contributed by atoms with Gasteiger partial charge in [-0.05, 0) is 199 Å². The van der Waals surface area contributed by atoms with Crippen LogP contribution in [-0.4, -0.2) is 7.05 Å². The van der Waals surface area contributed by atoms with E-state index in [9.17, 15) is 0 Å². The van der Waals surface area contributed by atoms with Crippen LogP contribution >= 0.6 is 0 Å². The Hall–Kier alpha value is -9.96. The second kappa shape index (κ2) is 23.9. The van der Waals surface area contributed by atoms with Crippen molar-refractivity contribution in [2.45, 2.75) is 87.9 Å². The van der Waals surface area contributed by atoms with Gasteiger partial charge in [0.25, 0.3) is 0 Å². The number of nitrogens with one attached hydrogen (secondary N) is 2. The summed E-state index contributed by atoms with van der Waals surface area (Å²) in [7, 11) is 2.15. The van der Waals surface area contributed by atoms with E-state index in [1.165, 1.54) is 170 Å². The standard InChI is InChI=1S/C30H27N.C29H25N.C28H25N/c1-3-9-22(10-4-1)23-13-15-24(16-14-23)31-25-17-18-27-26-11-5-6-12-28(26)30(29(27)21-25)19-7-2-8-20-30;1-2-8-21(9-3-1)22-12-14-23(15-13-22)30-24-16-17-26-25-10-4-5-11-27(25)29(28(26)20-24)18-6-7-19-29;1-28(2)26-12-8-7-11-24(26)25-18-17-23(19-27(25)28)29(3)22-15-13-21(14-16-22)20-9-5-4-6-10-20/h1,3-6,9-18,21,31H,2,7-8,19-20H2;1-5,8-17,20,30H,6-7,18-19H2;4-19H,1-3H3. The van der Waals surface area contributed by atoms with Gasteiger partial charge in [0.05, 0.1) is 0 Å². The molecule has 5 aliphatic carbocycles. The van der Waals surface area contributed by atoms with E-state index in [1.807, 2.05) is 0 Å². The quantitative estimate of drug-likeness (QED) is 0.151. The molecule has 17 rings (SSSR count). The third-order valence-corrected chi connectivity index (χ3v) is 20.6. The first-order chi connectivity index (χ1) is 44.2. The Balaban J connectivity index is 0.000000113. The van der Waals surface area contributed by atoms with Gasteiger partial charge in [-0.25, -0.2) is 0 Å². The Morgan fingerprint density at radius 3 is 1.01 bits per heavy atom. The smallest absolute Gasteiger partial charge is 0.0411 e. The van der Waals surface area contributed by atoms with Gasteiger partial charge in [-0.1, -0.05) is 264 Å². The van der Waals surface area contributed by atoms with Gasteiger partial charge in [0, 0.05) is 57.4 Å². The van der Waals surface area contributed by atoms with Crippen molar-refractivity contribution < 1.29 is 0 Å². The maximum Gasteiger partial charge on any atom is 0.0411 e. The molecule has 0 aliphatic heterocycles. The van der Waals surface area contributed by atoms with E-state index in [0.29, 0.717) is 0 Å². The monoisotopic (exact) mass is 1160 g/mol. The lowest BCUT2D eigenvalue weighted by atomic mass is 9.68. The zero-order valence-electron chi connectivity index (χ0n) is 52.0. The fourth-order valence-corrected chi connectivity index (χ4v) is 15.9. The first-order valence-electron chi connectivity index (χ1n) is 32.7. The SMILES string of the molecule is CN(c1ccc(-c2ccccc2)cc1)c1ccc2c(c1)C(C)(C)c1ccccc1-2.c1ccc(-c2ccc(Nc3ccc4c(c3)C3(CCCC3)c3ccccc3-4)cc2)cc1.c1ccc(-c2ccc(Nc3ccc4c(c3)C3(CCCCC3)c3ccccc3-4)cc2)cc1. The number of rotatable bonds is 9. The lowest BCUT2D eigenvalue weighted by Crippen LogP contribution is -2.28. The van der Waals surface area contributed by atoms with Crippen molar-refractivity contribution in [3.05, 3.63) is 325 Å². The van der Waals surface area contributed by atoms with Crippen molar-refractivity contribution in [1.29, 1.82) is 0 Å². The summed E-state index contributed by atoms with van der Waals surface area (Å²) in [6.07, 6.45) is 11.7. The van der Waals surface area contributed by atoms with E-state index in [4.69, 9.17) is 0 Å². The molecule has 0 unspecified atom stereocenters. The number of hydrogen-bond acceptors (Lipinski definition) is 3. The Morgan fingerprint density at radius 1 is 0.256 bits per heavy atom. The van der Waals surface area contributed by atoms with E-state index in [1.54, 1.807) is 11.1 Å². The number of nitrogens with zero attached hydrogens (tertiary/aromatic N) is 1. The minimum Gasteiger partial charge on any atom is -0.356 e. The highest BCUT2D eigenvalue weighted by Crippen LogP contribution is 2.59.